The molecule has 1 unspecified atom stereocenters. The van der Waals surface area contributed by atoms with Crippen molar-refractivity contribution in [1.82, 2.24) is 5.32 Å². The Balaban J connectivity index is 2.14. The summed E-state index contributed by atoms with van der Waals surface area (Å²) in [7, 11) is 0. The molecule has 0 saturated heterocycles. The molecule has 2 rings (SSSR count). The third kappa shape index (κ3) is 5.74. The third-order valence-electron chi connectivity index (χ3n) is 4.08. The number of nitrogens with zero attached hydrogens (tertiary/aromatic N) is 1. The van der Waals surface area contributed by atoms with Gasteiger partial charge in [-0.2, -0.15) is 0 Å². The number of ether oxygens (including phenoxy) is 1. The van der Waals surface area contributed by atoms with Gasteiger partial charge in [-0.05, 0) is 43.2 Å². The zero-order chi connectivity index (χ0) is 21.6. The van der Waals surface area contributed by atoms with Crippen molar-refractivity contribution in [1.29, 1.82) is 0 Å². The van der Waals surface area contributed by atoms with E-state index < -0.39 is 28.6 Å². The van der Waals surface area contributed by atoms with E-state index in [-0.39, 0.29) is 17.3 Å². The van der Waals surface area contributed by atoms with E-state index in [4.69, 9.17) is 4.74 Å². The van der Waals surface area contributed by atoms with Crippen LogP contribution in [-0.4, -0.2) is 29.4 Å². The van der Waals surface area contributed by atoms with Gasteiger partial charge >= 0.3 is 0 Å². The Morgan fingerprint density at radius 1 is 1.17 bits per heavy atom. The van der Waals surface area contributed by atoms with E-state index in [9.17, 15) is 24.1 Å². The summed E-state index contributed by atoms with van der Waals surface area (Å²) in [5, 5.41) is 15.8. The highest BCUT2D eigenvalue weighted by atomic mass is 19.1. The number of carbonyl (C=O) groups is 2. The van der Waals surface area contributed by atoms with Crippen molar-refractivity contribution in [2.45, 2.75) is 26.8 Å². The first-order valence-corrected chi connectivity index (χ1v) is 9.01. The van der Waals surface area contributed by atoms with E-state index in [1.807, 2.05) is 6.92 Å². The molecule has 0 aliphatic heterocycles. The molecule has 0 fully saturated rings. The van der Waals surface area contributed by atoms with Crippen LogP contribution in [0.15, 0.2) is 42.5 Å². The van der Waals surface area contributed by atoms with Crippen molar-refractivity contribution in [3.63, 3.8) is 0 Å². The number of non-ortho nitro benzene ring substituents is 1. The van der Waals surface area contributed by atoms with Gasteiger partial charge in [-0.3, -0.25) is 19.7 Å². The Kier molecular flexibility index (Phi) is 7.24. The molecule has 2 N–H and O–H groups in total. The summed E-state index contributed by atoms with van der Waals surface area (Å²) < 4.78 is 19.3. The van der Waals surface area contributed by atoms with Gasteiger partial charge < -0.3 is 15.4 Å². The average Bonchev–Trinajstić information content (AvgIpc) is 2.67. The van der Waals surface area contributed by atoms with Crippen molar-refractivity contribution >= 4 is 23.2 Å². The zero-order valence-corrected chi connectivity index (χ0v) is 16.3. The summed E-state index contributed by atoms with van der Waals surface area (Å²) >= 11 is 0. The molecule has 9 heteroatoms. The minimum Gasteiger partial charge on any atom is -0.494 e. The number of nitro benzene ring substituents is 1. The average molecular weight is 403 g/mol. The molecule has 0 aliphatic carbocycles. The Morgan fingerprint density at radius 2 is 1.83 bits per heavy atom. The van der Waals surface area contributed by atoms with Gasteiger partial charge in [-0.25, -0.2) is 4.39 Å². The number of carbonyl (C=O) groups excluding carboxylic acids is 2. The Morgan fingerprint density at radius 3 is 2.38 bits per heavy atom. The molecular weight excluding hydrogens is 381 g/mol. The number of nitrogens with one attached hydrogen (secondary N) is 2. The van der Waals surface area contributed by atoms with Crippen molar-refractivity contribution in [3.8, 4) is 5.75 Å². The van der Waals surface area contributed by atoms with Crippen LogP contribution in [-0.2, 0) is 4.79 Å². The first-order valence-electron chi connectivity index (χ1n) is 9.01. The van der Waals surface area contributed by atoms with Crippen molar-refractivity contribution < 1.29 is 23.6 Å². The number of halogens is 1. The van der Waals surface area contributed by atoms with Gasteiger partial charge in [0.25, 0.3) is 11.6 Å². The summed E-state index contributed by atoms with van der Waals surface area (Å²) in [5.74, 6) is -1.68. The predicted molar refractivity (Wildman–Crippen MR) is 105 cm³/mol. The van der Waals surface area contributed by atoms with E-state index >= 15 is 0 Å². The molecule has 1 atom stereocenters. The molecule has 0 aliphatic rings. The summed E-state index contributed by atoms with van der Waals surface area (Å²) in [6, 6.07) is 8.26. The number of amides is 2. The summed E-state index contributed by atoms with van der Waals surface area (Å²) in [4.78, 5) is 35.3. The number of hydrogen-bond donors (Lipinski definition) is 2. The largest absolute Gasteiger partial charge is 0.494 e. The summed E-state index contributed by atoms with van der Waals surface area (Å²) in [6.45, 7) is 5.77. The first-order chi connectivity index (χ1) is 13.7. The van der Waals surface area contributed by atoms with Gasteiger partial charge in [0.15, 0.2) is 0 Å². The van der Waals surface area contributed by atoms with Crippen LogP contribution in [0.4, 0.5) is 15.8 Å². The topological polar surface area (TPSA) is 111 Å². The second kappa shape index (κ2) is 9.63. The lowest BCUT2D eigenvalue weighted by Crippen LogP contribution is -2.47. The zero-order valence-electron chi connectivity index (χ0n) is 16.3. The van der Waals surface area contributed by atoms with Gasteiger partial charge in [0.05, 0.1) is 17.2 Å². The Hall–Kier alpha value is -3.49. The van der Waals surface area contributed by atoms with Crippen molar-refractivity contribution in [3.05, 3.63) is 64.0 Å². The number of anilines is 1. The quantitative estimate of drug-likeness (QED) is 0.517. The molecule has 0 spiro atoms. The first kappa shape index (κ1) is 21.8. The molecule has 0 radical (unpaired) electrons. The molecule has 0 heterocycles. The van der Waals surface area contributed by atoms with E-state index in [0.717, 1.165) is 18.2 Å². The monoisotopic (exact) mass is 403 g/mol. The summed E-state index contributed by atoms with van der Waals surface area (Å²) in [5.41, 5.74) is -0.361. The minimum absolute atomic E-state index is 0.316. The van der Waals surface area contributed by atoms with Crippen LogP contribution in [0.2, 0.25) is 0 Å². The van der Waals surface area contributed by atoms with Crippen LogP contribution in [0, 0.1) is 21.8 Å². The fraction of sp³-hybridized carbons (Fsp3) is 0.300. The molecular formula is C20H22FN3O5. The lowest BCUT2D eigenvalue weighted by Gasteiger charge is -2.22. The minimum atomic E-state index is -0.979. The standard InChI is InChI=1S/C20H22FN3O5/c1-4-29-15-8-5-13(6-9-15)19(25)23-18(12(2)3)20(26)22-17-11-14(24(27)28)7-10-16(17)21/h5-12,18H,4H2,1-3H3,(H,22,26)(H,23,25). The van der Waals surface area contributed by atoms with Crippen LogP contribution in [0.25, 0.3) is 0 Å². The SMILES string of the molecule is CCOc1ccc(C(=O)NC(C(=O)Nc2cc([N+](=O)[O-])ccc2F)C(C)C)cc1. The molecule has 2 aromatic rings. The number of benzene rings is 2. The highest BCUT2D eigenvalue weighted by Crippen LogP contribution is 2.22. The van der Waals surface area contributed by atoms with E-state index in [0.29, 0.717) is 17.9 Å². The highest BCUT2D eigenvalue weighted by Gasteiger charge is 2.26. The number of rotatable bonds is 8. The molecule has 0 saturated carbocycles. The van der Waals surface area contributed by atoms with Crippen LogP contribution < -0.4 is 15.4 Å². The lowest BCUT2D eigenvalue weighted by molar-refractivity contribution is -0.384. The normalized spacial score (nSPS) is 11.6. The van der Waals surface area contributed by atoms with E-state index in [1.165, 1.54) is 0 Å². The van der Waals surface area contributed by atoms with Crippen molar-refractivity contribution in [2.75, 3.05) is 11.9 Å². The van der Waals surface area contributed by atoms with Gasteiger partial charge in [0.1, 0.15) is 17.6 Å². The molecule has 29 heavy (non-hydrogen) atoms. The Labute approximate surface area is 167 Å². The van der Waals surface area contributed by atoms with Crippen LogP contribution >= 0.6 is 0 Å². The number of hydrogen-bond acceptors (Lipinski definition) is 5. The second-order valence-electron chi connectivity index (χ2n) is 6.56. The molecule has 8 nitrogen and oxygen atoms in total. The smallest absolute Gasteiger partial charge is 0.271 e. The third-order valence-corrected chi connectivity index (χ3v) is 4.08. The van der Waals surface area contributed by atoms with Gasteiger partial charge in [-0.1, -0.05) is 13.8 Å². The molecule has 154 valence electrons. The van der Waals surface area contributed by atoms with Crippen LogP contribution in [0.3, 0.4) is 0 Å². The molecule has 0 bridgehead atoms. The molecule has 2 aromatic carbocycles. The maximum absolute atomic E-state index is 13.9. The van der Waals surface area contributed by atoms with E-state index in [1.54, 1.807) is 38.1 Å². The van der Waals surface area contributed by atoms with Gasteiger partial charge in [0, 0.05) is 17.7 Å². The number of nitro groups is 1. The van der Waals surface area contributed by atoms with E-state index in [2.05, 4.69) is 10.6 Å². The van der Waals surface area contributed by atoms with Crippen LogP contribution in [0.5, 0.6) is 5.75 Å². The fourth-order valence-corrected chi connectivity index (χ4v) is 2.56. The summed E-state index contributed by atoms with van der Waals surface area (Å²) in [6.07, 6.45) is 0. The molecule has 2 amide bonds. The predicted octanol–water partition coefficient (Wildman–Crippen LogP) is 3.53. The maximum Gasteiger partial charge on any atom is 0.271 e. The Bertz CT molecular complexity index is 899. The molecule has 0 aromatic heterocycles. The highest BCUT2D eigenvalue weighted by molar-refractivity contribution is 6.01. The van der Waals surface area contributed by atoms with Gasteiger partial charge in [0.2, 0.25) is 5.91 Å². The maximum atomic E-state index is 13.9. The fourth-order valence-electron chi connectivity index (χ4n) is 2.56. The lowest BCUT2D eigenvalue weighted by atomic mass is 10.0. The van der Waals surface area contributed by atoms with Gasteiger partial charge in [-0.15, -0.1) is 0 Å². The second-order valence-corrected chi connectivity index (χ2v) is 6.56. The van der Waals surface area contributed by atoms with Crippen LogP contribution in [0.1, 0.15) is 31.1 Å². The van der Waals surface area contributed by atoms with Crippen molar-refractivity contribution in [2.24, 2.45) is 5.92 Å².